The average molecular weight is 279 g/mol. The van der Waals surface area contributed by atoms with Crippen molar-refractivity contribution in [3.8, 4) is 0 Å². The van der Waals surface area contributed by atoms with Crippen molar-refractivity contribution in [2.24, 2.45) is 5.92 Å². The molecule has 1 aromatic heterocycles. The molecule has 1 rings (SSSR count). The zero-order valence-corrected chi connectivity index (χ0v) is 13.6. The molecule has 1 atom stereocenters. The summed E-state index contributed by atoms with van der Waals surface area (Å²) in [6.07, 6.45) is 4.07. The largest absolute Gasteiger partial charge is 0.373 e. The highest BCUT2D eigenvalue weighted by molar-refractivity contribution is 5.36. The lowest BCUT2D eigenvalue weighted by Gasteiger charge is -2.16. The molecule has 0 fully saturated rings. The molecular formula is C16H29N3O. The van der Waals surface area contributed by atoms with E-state index in [9.17, 15) is 0 Å². The molecule has 114 valence electrons. The summed E-state index contributed by atoms with van der Waals surface area (Å²) in [5, 5.41) is 3.36. The molecule has 0 saturated carbocycles. The van der Waals surface area contributed by atoms with E-state index in [1.165, 1.54) is 0 Å². The van der Waals surface area contributed by atoms with E-state index >= 15 is 0 Å². The van der Waals surface area contributed by atoms with E-state index in [4.69, 9.17) is 9.72 Å². The summed E-state index contributed by atoms with van der Waals surface area (Å²) in [7, 11) is 1.73. The predicted octanol–water partition coefficient (Wildman–Crippen LogP) is 3.98. The van der Waals surface area contributed by atoms with Crippen LogP contribution in [-0.4, -0.2) is 23.6 Å². The highest BCUT2D eigenvalue weighted by Crippen LogP contribution is 2.21. The minimum atomic E-state index is -0.00529. The van der Waals surface area contributed by atoms with E-state index in [0.29, 0.717) is 5.92 Å². The molecule has 0 radical (unpaired) electrons. The van der Waals surface area contributed by atoms with Crippen LogP contribution in [0.15, 0.2) is 6.07 Å². The van der Waals surface area contributed by atoms with Crippen molar-refractivity contribution in [2.75, 3.05) is 19.0 Å². The fraction of sp³-hybridized carbons (Fsp3) is 0.750. The molecule has 1 N–H and O–H groups in total. The highest BCUT2D eigenvalue weighted by atomic mass is 16.5. The number of rotatable bonds is 9. The second kappa shape index (κ2) is 8.90. The van der Waals surface area contributed by atoms with Gasteiger partial charge in [-0.25, -0.2) is 9.97 Å². The van der Waals surface area contributed by atoms with E-state index in [-0.39, 0.29) is 6.10 Å². The van der Waals surface area contributed by atoms with E-state index < -0.39 is 0 Å². The second-order valence-electron chi connectivity index (χ2n) is 5.64. The fourth-order valence-corrected chi connectivity index (χ4v) is 2.14. The van der Waals surface area contributed by atoms with Gasteiger partial charge in [0.2, 0.25) is 0 Å². The lowest BCUT2D eigenvalue weighted by atomic mass is 10.1. The maximum absolute atomic E-state index is 5.54. The first-order chi connectivity index (χ1) is 9.60. The third-order valence-corrected chi connectivity index (χ3v) is 3.09. The summed E-state index contributed by atoms with van der Waals surface area (Å²) >= 11 is 0. The number of aromatic nitrogens is 2. The van der Waals surface area contributed by atoms with Gasteiger partial charge in [0, 0.05) is 25.4 Å². The zero-order chi connectivity index (χ0) is 15.0. The summed E-state index contributed by atoms with van der Waals surface area (Å²) in [6.45, 7) is 9.66. The van der Waals surface area contributed by atoms with Crippen LogP contribution in [0.3, 0.4) is 0 Å². The number of nitrogens with zero attached hydrogens (tertiary/aromatic N) is 2. The van der Waals surface area contributed by atoms with Crippen molar-refractivity contribution in [2.45, 2.75) is 59.5 Å². The zero-order valence-electron chi connectivity index (χ0n) is 13.6. The van der Waals surface area contributed by atoms with Crippen LogP contribution in [0.2, 0.25) is 0 Å². The standard InChI is InChI=1S/C16H29N3O/c1-6-8-14(20-5)16-18-13(10-12(3)4)11-15(19-16)17-9-7-2/h11-12,14H,6-10H2,1-5H3,(H,17,18,19). The summed E-state index contributed by atoms with van der Waals surface area (Å²) in [5.74, 6) is 2.32. The molecule has 20 heavy (non-hydrogen) atoms. The van der Waals surface area contributed by atoms with Gasteiger partial charge < -0.3 is 10.1 Å². The van der Waals surface area contributed by atoms with Crippen LogP contribution in [0.25, 0.3) is 0 Å². The Morgan fingerprint density at radius 2 is 1.95 bits per heavy atom. The van der Waals surface area contributed by atoms with Crippen molar-refractivity contribution < 1.29 is 4.74 Å². The quantitative estimate of drug-likeness (QED) is 0.742. The molecule has 1 unspecified atom stereocenters. The van der Waals surface area contributed by atoms with Crippen molar-refractivity contribution in [1.29, 1.82) is 0 Å². The van der Waals surface area contributed by atoms with Gasteiger partial charge in [0.25, 0.3) is 0 Å². The first kappa shape index (κ1) is 16.9. The van der Waals surface area contributed by atoms with E-state index in [0.717, 1.165) is 49.6 Å². The number of hydrogen-bond acceptors (Lipinski definition) is 4. The molecule has 0 aliphatic rings. The Hall–Kier alpha value is -1.16. The van der Waals surface area contributed by atoms with Gasteiger partial charge in [0.05, 0.1) is 0 Å². The minimum absolute atomic E-state index is 0.00529. The monoisotopic (exact) mass is 279 g/mol. The molecular weight excluding hydrogens is 250 g/mol. The third kappa shape index (κ3) is 5.45. The second-order valence-corrected chi connectivity index (χ2v) is 5.64. The van der Waals surface area contributed by atoms with Crippen LogP contribution in [0.5, 0.6) is 0 Å². The molecule has 4 heteroatoms. The van der Waals surface area contributed by atoms with Crippen LogP contribution < -0.4 is 5.32 Å². The van der Waals surface area contributed by atoms with Crippen molar-refractivity contribution >= 4 is 5.82 Å². The first-order valence-corrected chi connectivity index (χ1v) is 7.75. The molecule has 4 nitrogen and oxygen atoms in total. The topological polar surface area (TPSA) is 47.0 Å². The summed E-state index contributed by atoms with van der Waals surface area (Å²) < 4.78 is 5.54. The first-order valence-electron chi connectivity index (χ1n) is 7.75. The van der Waals surface area contributed by atoms with Gasteiger partial charge in [0.15, 0.2) is 5.82 Å². The van der Waals surface area contributed by atoms with Gasteiger partial charge in [0.1, 0.15) is 11.9 Å². The lowest BCUT2D eigenvalue weighted by Crippen LogP contribution is -2.12. The average Bonchev–Trinajstić information content (AvgIpc) is 2.41. The molecule has 1 aromatic rings. The maximum atomic E-state index is 5.54. The molecule has 0 aromatic carbocycles. The van der Waals surface area contributed by atoms with Gasteiger partial charge in [-0.1, -0.05) is 34.1 Å². The molecule has 0 aliphatic carbocycles. The maximum Gasteiger partial charge on any atom is 0.159 e. The molecule has 0 amide bonds. The fourth-order valence-electron chi connectivity index (χ4n) is 2.14. The van der Waals surface area contributed by atoms with Gasteiger partial charge >= 0.3 is 0 Å². The lowest BCUT2D eigenvalue weighted by molar-refractivity contribution is 0.0875. The Balaban J connectivity index is 3.00. The molecule has 0 spiro atoms. The minimum Gasteiger partial charge on any atom is -0.373 e. The predicted molar refractivity (Wildman–Crippen MR) is 84.0 cm³/mol. The number of ether oxygens (including phenoxy) is 1. The van der Waals surface area contributed by atoms with Gasteiger partial charge in [-0.2, -0.15) is 0 Å². The van der Waals surface area contributed by atoms with Crippen molar-refractivity contribution in [1.82, 2.24) is 9.97 Å². The Labute approximate surface area is 123 Å². The SMILES string of the molecule is CCCNc1cc(CC(C)C)nc(C(CCC)OC)n1. The number of anilines is 1. The van der Waals surface area contributed by atoms with Crippen molar-refractivity contribution in [3.05, 3.63) is 17.6 Å². The van der Waals surface area contributed by atoms with Gasteiger partial charge in [-0.05, 0) is 25.2 Å². The van der Waals surface area contributed by atoms with Crippen LogP contribution in [-0.2, 0) is 11.2 Å². The van der Waals surface area contributed by atoms with E-state index in [1.807, 2.05) is 0 Å². The van der Waals surface area contributed by atoms with Crippen LogP contribution >= 0.6 is 0 Å². The van der Waals surface area contributed by atoms with Crippen molar-refractivity contribution in [3.63, 3.8) is 0 Å². The number of hydrogen-bond donors (Lipinski definition) is 1. The number of methoxy groups -OCH3 is 1. The smallest absolute Gasteiger partial charge is 0.159 e. The van der Waals surface area contributed by atoms with Crippen LogP contribution in [0, 0.1) is 5.92 Å². The summed E-state index contributed by atoms with van der Waals surface area (Å²) in [5.41, 5.74) is 1.10. The molecule has 0 aliphatic heterocycles. The third-order valence-electron chi connectivity index (χ3n) is 3.09. The molecule has 0 saturated heterocycles. The van der Waals surface area contributed by atoms with Gasteiger partial charge in [-0.3, -0.25) is 0 Å². The summed E-state index contributed by atoms with van der Waals surface area (Å²) in [4.78, 5) is 9.32. The van der Waals surface area contributed by atoms with Gasteiger partial charge in [-0.15, -0.1) is 0 Å². The van der Waals surface area contributed by atoms with Crippen LogP contribution in [0.1, 0.15) is 64.6 Å². The summed E-state index contributed by atoms with van der Waals surface area (Å²) in [6, 6.07) is 2.07. The Morgan fingerprint density at radius 1 is 1.20 bits per heavy atom. The normalized spacial score (nSPS) is 12.7. The Kier molecular flexibility index (Phi) is 7.52. The number of nitrogens with one attached hydrogen (secondary N) is 1. The van der Waals surface area contributed by atoms with E-state index in [2.05, 4.69) is 44.1 Å². The van der Waals surface area contributed by atoms with Crippen LogP contribution in [0.4, 0.5) is 5.82 Å². The Morgan fingerprint density at radius 3 is 2.50 bits per heavy atom. The molecule has 1 heterocycles. The highest BCUT2D eigenvalue weighted by Gasteiger charge is 2.15. The molecule has 0 bridgehead atoms. The van der Waals surface area contributed by atoms with E-state index in [1.54, 1.807) is 7.11 Å². The Bertz CT molecular complexity index is 393.